The number of cyclic esters (lactones) is 1. The average molecular weight is 268 g/mol. The molecule has 0 amide bonds. The number of carbonyl (C=O) groups is 1. The maximum atomic E-state index is 11.9. The highest BCUT2D eigenvalue weighted by Gasteiger charge is 2.52. The van der Waals surface area contributed by atoms with Crippen molar-refractivity contribution in [2.45, 2.75) is 18.5 Å². The molecule has 1 N–H and O–H groups in total. The minimum Gasteiger partial charge on any atom is -0.448 e. The highest BCUT2D eigenvalue weighted by molar-refractivity contribution is 5.94. The average Bonchev–Trinajstić information content (AvgIpc) is 3.00. The van der Waals surface area contributed by atoms with E-state index in [2.05, 4.69) is 0 Å². The minimum absolute atomic E-state index is 0.308. The van der Waals surface area contributed by atoms with E-state index in [4.69, 9.17) is 9.47 Å². The molecule has 100 valence electrons. The third-order valence-corrected chi connectivity index (χ3v) is 3.89. The van der Waals surface area contributed by atoms with E-state index in [1.807, 2.05) is 24.3 Å². The Kier molecular flexibility index (Phi) is 2.28. The van der Waals surface area contributed by atoms with Gasteiger partial charge >= 0.3 is 5.97 Å². The largest absolute Gasteiger partial charge is 0.448 e. The summed E-state index contributed by atoms with van der Waals surface area (Å²) in [5.41, 5.74) is 2.72. The maximum absolute atomic E-state index is 11.9. The molecule has 0 radical (unpaired) electrons. The Labute approximate surface area is 115 Å². The van der Waals surface area contributed by atoms with Crippen LogP contribution in [-0.2, 0) is 21.9 Å². The fourth-order valence-corrected chi connectivity index (χ4v) is 2.91. The lowest BCUT2D eigenvalue weighted by atomic mass is 9.92. The highest BCUT2D eigenvalue weighted by atomic mass is 16.7. The lowest BCUT2D eigenvalue weighted by Crippen LogP contribution is -2.33. The molecular weight excluding hydrogens is 256 g/mol. The summed E-state index contributed by atoms with van der Waals surface area (Å²) in [5, 5.41) is 10.9. The molecule has 0 aliphatic carbocycles. The van der Waals surface area contributed by atoms with E-state index < -0.39 is 17.9 Å². The van der Waals surface area contributed by atoms with E-state index in [1.165, 1.54) is 0 Å². The second-order valence-electron chi connectivity index (χ2n) is 5.01. The normalized spacial score (nSPS) is 27.1. The molecule has 2 aromatic carbocycles. The summed E-state index contributed by atoms with van der Waals surface area (Å²) in [4.78, 5) is 11.9. The monoisotopic (exact) mass is 268 g/mol. The van der Waals surface area contributed by atoms with Crippen LogP contribution in [0.15, 0.2) is 48.5 Å². The number of fused-ring (bicyclic) bond motifs is 2. The molecule has 0 saturated carbocycles. The van der Waals surface area contributed by atoms with E-state index >= 15 is 0 Å². The van der Waals surface area contributed by atoms with Crippen molar-refractivity contribution in [1.29, 1.82) is 0 Å². The summed E-state index contributed by atoms with van der Waals surface area (Å²) in [7, 11) is 0. The van der Waals surface area contributed by atoms with Gasteiger partial charge in [0.1, 0.15) is 0 Å². The summed E-state index contributed by atoms with van der Waals surface area (Å²) >= 11 is 0. The summed E-state index contributed by atoms with van der Waals surface area (Å²) in [6.45, 7) is 0.308. The first-order valence-corrected chi connectivity index (χ1v) is 6.45. The van der Waals surface area contributed by atoms with Gasteiger partial charge in [-0.3, -0.25) is 0 Å². The van der Waals surface area contributed by atoms with Gasteiger partial charge in [-0.25, -0.2) is 4.79 Å². The number of carbonyl (C=O) groups excluding carboxylic acids is 1. The first-order valence-electron chi connectivity index (χ1n) is 6.45. The van der Waals surface area contributed by atoms with Gasteiger partial charge in [-0.2, -0.15) is 0 Å². The number of benzene rings is 2. The third kappa shape index (κ3) is 1.40. The number of ether oxygens (including phenoxy) is 2. The van der Waals surface area contributed by atoms with Crippen molar-refractivity contribution in [2.75, 3.05) is 0 Å². The van der Waals surface area contributed by atoms with Crippen LogP contribution in [0.3, 0.4) is 0 Å². The Morgan fingerprint density at radius 1 is 1.10 bits per heavy atom. The van der Waals surface area contributed by atoms with Crippen molar-refractivity contribution >= 4 is 5.97 Å². The number of hydrogen-bond donors (Lipinski definition) is 1. The van der Waals surface area contributed by atoms with Crippen LogP contribution in [0.1, 0.15) is 33.2 Å². The molecule has 0 spiro atoms. The molecule has 0 saturated heterocycles. The van der Waals surface area contributed by atoms with Crippen molar-refractivity contribution in [2.24, 2.45) is 0 Å². The standard InChI is InChI=1S/C16H12O4/c17-15-12-7-3-2-6-11(12)14(20-15)16(18)13-8-4-1-5-10(13)9-19-16/h1-8,14,18H,9H2/t14-,16-/m1/s1. The quantitative estimate of drug-likeness (QED) is 0.806. The van der Waals surface area contributed by atoms with Gasteiger partial charge in [0.15, 0.2) is 6.10 Å². The lowest BCUT2D eigenvalue weighted by Gasteiger charge is -2.28. The summed E-state index contributed by atoms with van der Waals surface area (Å²) in [5.74, 6) is -2.04. The minimum atomic E-state index is -1.61. The number of aliphatic hydroxyl groups is 1. The predicted octanol–water partition coefficient (Wildman–Crippen LogP) is 2.27. The van der Waals surface area contributed by atoms with Gasteiger partial charge in [-0.05, 0) is 11.6 Å². The molecule has 4 rings (SSSR count). The van der Waals surface area contributed by atoms with Crippen LogP contribution in [-0.4, -0.2) is 11.1 Å². The Hall–Kier alpha value is -2.17. The number of hydrogen-bond acceptors (Lipinski definition) is 4. The fraction of sp³-hybridized carbons (Fsp3) is 0.188. The Balaban J connectivity index is 1.86. The molecular formula is C16H12O4. The van der Waals surface area contributed by atoms with Gasteiger partial charge in [-0.15, -0.1) is 0 Å². The third-order valence-electron chi connectivity index (χ3n) is 3.89. The zero-order chi connectivity index (χ0) is 13.7. The molecule has 20 heavy (non-hydrogen) atoms. The van der Waals surface area contributed by atoms with Gasteiger partial charge in [0.05, 0.1) is 12.2 Å². The lowest BCUT2D eigenvalue weighted by molar-refractivity contribution is -0.258. The maximum Gasteiger partial charge on any atom is 0.339 e. The molecule has 2 aliphatic rings. The van der Waals surface area contributed by atoms with Gasteiger partial charge < -0.3 is 14.6 Å². The first kappa shape index (κ1) is 11.6. The van der Waals surface area contributed by atoms with E-state index in [0.29, 0.717) is 23.3 Å². The van der Waals surface area contributed by atoms with Crippen LogP contribution >= 0.6 is 0 Å². The van der Waals surface area contributed by atoms with E-state index in [0.717, 1.165) is 5.56 Å². The number of rotatable bonds is 1. The smallest absolute Gasteiger partial charge is 0.339 e. The van der Waals surface area contributed by atoms with E-state index in [9.17, 15) is 9.90 Å². The van der Waals surface area contributed by atoms with Crippen molar-refractivity contribution in [1.82, 2.24) is 0 Å². The second-order valence-corrected chi connectivity index (χ2v) is 5.01. The molecule has 0 fully saturated rings. The molecule has 2 aromatic rings. The molecule has 0 unspecified atom stereocenters. The predicted molar refractivity (Wildman–Crippen MR) is 69.7 cm³/mol. The number of esters is 1. The second kappa shape index (κ2) is 3.91. The molecule has 4 nitrogen and oxygen atoms in total. The van der Waals surface area contributed by atoms with E-state index in [-0.39, 0.29) is 0 Å². The van der Waals surface area contributed by atoms with Gasteiger partial charge in [0.2, 0.25) is 5.79 Å². The Morgan fingerprint density at radius 2 is 1.85 bits per heavy atom. The van der Waals surface area contributed by atoms with Gasteiger partial charge in [0, 0.05) is 11.1 Å². The van der Waals surface area contributed by atoms with Gasteiger partial charge in [0.25, 0.3) is 0 Å². The SMILES string of the molecule is O=C1O[C@@H]([C@]2(O)OCc3ccccc32)c2ccccc21. The van der Waals surface area contributed by atoms with Crippen LogP contribution in [0.4, 0.5) is 0 Å². The summed E-state index contributed by atoms with van der Waals surface area (Å²) < 4.78 is 10.9. The molecule has 2 aliphatic heterocycles. The van der Waals surface area contributed by atoms with Crippen LogP contribution in [0.25, 0.3) is 0 Å². The zero-order valence-electron chi connectivity index (χ0n) is 10.6. The Morgan fingerprint density at radius 3 is 2.75 bits per heavy atom. The van der Waals surface area contributed by atoms with Crippen LogP contribution < -0.4 is 0 Å². The topological polar surface area (TPSA) is 55.8 Å². The molecule has 2 atom stereocenters. The molecule has 4 heteroatoms. The van der Waals surface area contributed by atoms with Crippen LogP contribution in [0.5, 0.6) is 0 Å². The molecule has 0 bridgehead atoms. The van der Waals surface area contributed by atoms with Gasteiger partial charge in [-0.1, -0.05) is 42.5 Å². The zero-order valence-corrected chi connectivity index (χ0v) is 10.6. The Bertz CT molecular complexity index is 709. The first-order chi connectivity index (χ1) is 9.70. The molecule has 2 heterocycles. The van der Waals surface area contributed by atoms with Crippen LogP contribution in [0.2, 0.25) is 0 Å². The highest BCUT2D eigenvalue weighted by Crippen LogP contribution is 2.48. The molecule has 0 aromatic heterocycles. The van der Waals surface area contributed by atoms with Crippen molar-refractivity contribution in [3.8, 4) is 0 Å². The van der Waals surface area contributed by atoms with Crippen molar-refractivity contribution in [3.63, 3.8) is 0 Å². The van der Waals surface area contributed by atoms with Crippen LogP contribution in [0, 0.1) is 0 Å². The summed E-state index contributed by atoms with van der Waals surface area (Å²) in [6.07, 6.45) is -0.824. The van der Waals surface area contributed by atoms with E-state index in [1.54, 1.807) is 24.3 Å². The fourth-order valence-electron chi connectivity index (χ4n) is 2.91. The van der Waals surface area contributed by atoms with Crippen molar-refractivity contribution in [3.05, 3.63) is 70.8 Å². The van der Waals surface area contributed by atoms with Crippen molar-refractivity contribution < 1.29 is 19.4 Å². The summed E-state index contributed by atoms with van der Waals surface area (Å²) in [6, 6.07) is 14.5.